The number of carbonyl (C=O) groups excluding carboxylic acids is 3. The quantitative estimate of drug-likeness (QED) is 0.238. The van der Waals surface area contributed by atoms with Crippen LogP contribution in [0.5, 0.6) is 0 Å². The second-order valence-corrected chi connectivity index (χ2v) is 7.35. The molecular formula is C17H16Cl2O6. The Hall–Kier alpha value is -1.79. The van der Waals surface area contributed by atoms with Gasteiger partial charge >= 0.3 is 17.9 Å². The van der Waals surface area contributed by atoms with E-state index in [-0.39, 0.29) is 18.1 Å². The Morgan fingerprint density at radius 2 is 1.96 bits per heavy atom. The Labute approximate surface area is 154 Å². The molecule has 134 valence electrons. The topological polar surface area (TPSA) is 78.9 Å². The average Bonchev–Trinajstić information content (AvgIpc) is 2.98. The molecule has 2 bridgehead atoms. The number of ether oxygens (including phenoxy) is 3. The highest BCUT2D eigenvalue weighted by atomic mass is 35.5. The minimum Gasteiger partial charge on any atom is -0.458 e. The first-order valence-corrected chi connectivity index (χ1v) is 8.61. The van der Waals surface area contributed by atoms with Gasteiger partial charge in [0.1, 0.15) is 18.3 Å². The van der Waals surface area contributed by atoms with Crippen LogP contribution in [0, 0.1) is 5.92 Å². The number of fused-ring (bicyclic) bond motifs is 2. The van der Waals surface area contributed by atoms with Crippen LogP contribution in [-0.4, -0.2) is 41.1 Å². The first-order valence-electron chi connectivity index (χ1n) is 7.73. The molecule has 6 nitrogen and oxygen atoms in total. The highest BCUT2D eigenvalue weighted by Crippen LogP contribution is 2.38. The summed E-state index contributed by atoms with van der Waals surface area (Å²) >= 11 is 11.1. The molecule has 0 aromatic carbocycles. The Morgan fingerprint density at radius 3 is 2.64 bits per heavy atom. The van der Waals surface area contributed by atoms with Gasteiger partial charge in [0, 0.05) is 24.0 Å². The molecule has 0 saturated carbocycles. The standard InChI is InChI=1S/C17H16Cl2O6/c1-7-3-10-5-9(16(21)23-10)6-12-13(8(2)15(20)24-12)11(4-7)25-17(22)14(18)19/h4-5,10-14H,2-3,6H2,1H3/b7-4+/t10-,11?,12?,13+/m1/s1. The first kappa shape index (κ1) is 18.0. The normalized spacial score (nSPS) is 33.8. The number of halogens is 2. The molecule has 0 aromatic heterocycles. The monoisotopic (exact) mass is 386 g/mol. The predicted octanol–water partition coefficient (Wildman–Crippen LogP) is 2.39. The van der Waals surface area contributed by atoms with Gasteiger partial charge in [0.15, 0.2) is 0 Å². The number of esters is 3. The molecule has 0 N–H and O–H groups in total. The SMILES string of the molecule is C=C1C(=O)OC2CC3=C[C@@H](C/C(C)=C/C(OC(=O)C(Cl)Cl)[C@H]12)OC3=O. The number of carbonyl (C=O) groups is 3. The van der Waals surface area contributed by atoms with E-state index in [1.807, 2.05) is 6.92 Å². The molecule has 4 atom stereocenters. The van der Waals surface area contributed by atoms with Crippen molar-refractivity contribution in [1.82, 2.24) is 0 Å². The summed E-state index contributed by atoms with van der Waals surface area (Å²) in [4.78, 5) is 34.5. The lowest BCUT2D eigenvalue weighted by atomic mass is 9.85. The van der Waals surface area contributed by atoms with Crippen LogP contribution in [0.4, 0.5) is 0 Å². The fourth-order valence-corrected chi connectivity index (χ4v) is 3.40. The van der Waals surface area contributed by atoms with Gasteiger partial charge in [0.05, 0.1) is 5.92 Å². The third kappa shape index (κ3) is 3.60. The number of alkyl halides is 2. The Bertz CT molecular complexity index is 708. The predicted molar refractivity (Wildman–Crippen MR) is 88.8 cm³/mol. The molecule has 3 rings (SSSR count). The maximum atomic E-state index is 12.0. The van der Waals surface area contributed by atoms with Crippen molar-refractivity contribution in [3.05, 3.63) is 35.5 Å². The van der Waals surface area contributed by atoms with E-state index < -0.39 is 40.9 Å². The van der Waals surface area contributed by atoms with Crippen LogP contribution in [0.3, 0.4) is 0 Å². The van der Waals surface area contributed by atoms with Crippen LogP contribution in [0.25, 0.3) is 0 Å². The highest BCUT2D eigenvalue weighted by Gasteiger charge is 2.46. The molecule has 0 radical (unpaired) electrons. The van der Waals surface area contributed by atoms with Crippen LogP contribution in [0.1, 0.15) is 19.8 Å². The van der Waals surface area contributed by atoms with E-state index in [4.69, 9.17) is 37.4 Å². The summed E-state index contributed by atoms with van der Waals surface area (Å²) in [6, 6.07) is 0. The third-order valence-corrected chi connectivity index (χ3v) is 4.76. The van der Waals surface area contributed by atoms with Crippen molar-refractivity contribution < 1.29 is 28.6 Å². The zero-order chi connectivity index (χ0) is 18.3. The second-order valence-electron chi connectivity index (χ2n) is 6.25. The van der Waals surface area contributed by atoms with E-state index in [0.29, 0.717) is 12.0 Å². The van der Waals surface area contributed by atoms with Gasteiger partial charge in [-0.15, -0.1) is 0 Å². The van der Waals surface area contributed by atoms with E-state index in [1.165, 1.54) is 0 Å². The Balaban J connectivity index is 1.98. The lowest BCUT2D eigenvalue weighted by Gasteiger charge is -2.26. The molecule has 1 aliphatic carbocycles. The minimum absolute atomic E-state index is 0.164. The molecule has 0 amide bonds. The van der Waals surface area contributed by atoms with Gasteiger partial charge in [0.25, 0.3) is 0 Å². The number of hydrogen-bond donors (Lipinski definition) is 0. The Morgan fingerprint density at radius 1 is 1.24 bits per heavy atom. The first-order chi connectivity index (χ1) is 11.8. The zero-order valence-electron chi connectivity index (χ0n) is 13.4. The summed E-state index contributed by atoms with van der Waals surface area (Å²) in [6.07, 6.45) is 2.14. The summed E-state index contributed by atoms with van der Waals surface area (Å²) in [5, 5.41) is 0. The molecule has 2 heterocycles. The third-order valence-electron chi connectivity index (χ3n) is 4.41. The van der Waals surface area contributed by atoms with Crippen LogP contribution in [-0.2, 0) is 28.6 Å². The lowest BCUT2D eigenvalue weighted by Crippen LogP contribution is -2.34. The van der Waals surface area contributed by atoms with Crippen molar-refractivity contribution in [3.63, 3.8) is 0 Å². The molecule has 0 aromatic rings. The summed E-state index contributed by atoms with van der Waals surface area (Å²) in [7, 11) is 0. The molecule has 3 aliphatic rings. The van der Waals surface area contributed by atoms with Crippen LogP contribution < -0.4 is 0 Å². The van der Waals surface area contributed by atoms with E-state index in [2.05, 4.69) is 6.58 Å². The van der Waals surface area contributed by atoms with Crippen LogP contribution >= 0.6 is 23.2 Å². The fraction of sp³-hybridized carbons (Fsp3) is 0.471. The van der Waals surface area contributed by atoms with Gasteiger partial charge in [-0.3, -0.25) is 0 Å². The lowest BCUT2D eigenvalue weighted by molar-refractivity contribution is -0.148. The zero-order valence-corrected chi connectivity index (χ0v) is 14.9. The number of rotatable bonds is 2. The van der Waals surface area contributed by atoms with Gasteiger partial charge in [0.2, 0.25) is 4.84 Å². The molecular weight excluding hydrogens is 371 g/mol. The largest absolute Gasteiger partial charge is 0.458 e. The summed E-state index contributed by atoms with van der Waals surface area (Å²) in [5.74, 6) is -2.47. The van der Waals surface area contributed by atoms with Crippen molar-refractivity contribution in [3.8, 4) is 0 Å². The summed E-state index contributed by atoms with van der Waals surface area (Å²) < 4.78 is 16.0. The molecule has 2 aliphatic heterocycles. The van der Waals surface area contributed by atoms with E-state index in [1.54, 1.807) is 12.2 Å². The van der Waals surface area contributed by atoms with Crippen LogP contribution in [0.2, 0.25) is 0 Å². The summed E-state index contributed by atoms with van der Waals surface area (Å²) in [6.45, 7) is 5.57. The number of hydrogen-bond acceptors (Lipinski definition) is 6. The smallest absolute Gasteiger partial charge is 0.340 e. The second kappa shape index (κ2) is 6.84. The van der Waals surface area contributed by atoms with Gasteiger partial charge in [-0.1, -0.05) is 35.4 Å². The summed E-state index contributed by atoms with van der Waals surface area (Å²) in [5.41, 5.74) is 1.44. The molecule has 0 spiro atoms. The van der Waals surface area contributed by atoms with E-state index in [9.17, 15) is 14.4 Å². The molecule has 2 unspecified atom stereocenters. The van der Waals surface area contributed by atoms with Crippen molar-refractivity contribution in [2.45, 2.75) is 42.9 Å². The van der Waals surface area contributed by atoms with E-state index >= 15 is 0 Å². The minimum atomic E-state index is -1.35. The molecule has 1 fully saturated rings. The van der Waals surface area contributed by atoms with Crippen molar-refractivity contribution in [1.29, 1.82) is 0 Å². The van der Waals surface area contributed by atoms with E-state index in [0.717, 1.165) is 5.57 Å². The van der Waals surface area contributed by atoms with Crippen molar-refractivity contribution in [2.75, 3.05) is 0 Å². The van der Waals surface area contributed by atoms with Crippen molar-refractivity contribution >= 4 is 41.1 Å². The molecule has 25 heavy (non-hydrogen) atoms. The fourth-order valence-electron chi connectivity index (χ4n) is 3.30. The van der Waals surface area contributed by atoms with Gasteiger partial charge in [-0.25, -0.2) is 14.4 Å². The maximum absolute atomic E-state index is 12.0. The molecule has 1 saturated heterocycles. The van der Waals surface area contributed by atoms with Crippen molar-refractivity contribution in [2.24, 2.45) is 5.92 Å². The average molecular weight is 387 g/mol. The van der Waals surface area contributed by atoms with Gasteiger partial charge < -0.3 is 14.2 Å². The van der Waals surface area contributed by atoms with Gasteiger partial charge in [-0.05, 0) is 19.1 Å². The molecule has 8 heteroatoms. The van der Waals surface area contributed by atoms with Crippen LogP contribution in [0.15, 0.2) is 35.5 Å². The Kier molecular flexibility index (Phi) is 4.93. The maximum Gasteiger partial charge on any atom is 0.340 e. The highest BCUT2D eigenvalue weighted by molar-refractivity contribution is 6.52. The van der Waals surface area contributed by atoms with Gasteiger partial charge in [-0.2, -0.15) is 0 Å².